The molecule has 0 spiro atoms. The van der Waals surface area contributed by atoms with Gasteiger partial charge >= 0.3 is 0 Å². The smallest absolute Gasteiger partial charge is 0.110 e. The van der Waals surface area contributed by atoms with E-state index in [9.17, 15) is 0 Å². The Morgan fingerprint density at radius 1 is 1.44 bits per heavy atom. The molecule has 1 saturated heterocycles. The summed E-state index contributed by atoms with van der Waals surface area (Å²) < 4.78 is 4.78. The average Bonchev–Trinajstić information content (AvgIpc) is 2.15. The fourth-order valence-electron chi connectivity index (χ4n) is 0.828. The van der Waals surface area contributed by atoms with Gasteiger partial charge in [-0.2, -0.15) is 0 Å². The summed E-state index contributed by atoms with van der Waals surface area (Å²) in [4.78, 5) is 0. The van der Waals surface area contributed by atoms with Crippen molar-refractivity contribution in [2.75, 3.05) is 13.2 Å². The Balaban J connectivity index is 2.41. The molecule has 0 aromatic carbocycles. The van der Waals surface area contributed by atoms with Crippen molar-refractivity contribution in [3.05, 3.63) is 0 Å². The fraction of sp³-hybridized carbons (Fsp3) is 1.00. The maximum atomic E-state index is 8.92. The monoisotopic (exact) mass is 134 g/mol. The molecule has 1 rings (SSSR count). The Bertz CT molecular complexity index is 95.0. The van der Waals surface area contributed by atoms with Gasteiger partial charge in [-0.15, -0.1) is 0 Å². The van der Waals surface area contributed by atoms with Gasteiger partial charge < -0.3 is 20.1 Å². The van der Waals surface area contributed by atoms with Crippen molar-refractivity contribution in [2.45, 2.75) is 18.3 Å². The lowest BCUT2D eigenvalue weighted by molar-refractivity contribution is -0.00588. The lowest BCUT2D eigenvalue weighted by Crippen LogP contribution is -2.31. The van der Waals surface area contributed by atoms with Crippen LogP contribution in [0.25, 0.3) is 0 Å². The van der Waals surface area contributed by atoms with Crippen molar-refractivity contribution in [3.63, 3.8) is 0 Å². The SMILES string of the molecule is OC[C@H]1OC[C@H](O)[C@@H]1O. The molecule has 0 radical (unpaired) electrons. The van der Waals surface area contributed by atoms with E-state index in [-0.39, 0.29) is 13.2 Å². The van der Waals surface area contributed by atoms with E-state index in [2.05, 4.69) is 0 Å². The summed E-state index contributed by atoms with van der Waals surface area (Å²) in [6.45, 7) is -0.120. The highest BCUT2D eigenvalue weighted by Gasteiger charge is 2.33. The largest absolute Gasteiger partial charge is 0.394 e. The van der Waals surface area contributed by atoms with Crippen LogP contribution in [-0.4, -0.2) is 46.8 Å². The van der Waals surface area contributed by atoms with Crippen molar-refractivity contribution < 1.29 is 20.1 Å². The number of hydrogen-bond donors (Lipinski definition) is 3. The van der Waals surface area contributed by atoms with E-state index in [0.29, 0.717) is 0 Å². The second kappa shape index (κ2) is 2.62. The molecule has 54 valence electrons. The Morgan fingerprint density at radius 3 is 2.33 bits per heavy atom. The van der Waals surface area contributed by atoms with Gasteiger partial charge in [-0.05, 0) is 0 Å². The Morgan fingerprint density at radius 2 is 2.11 bits per heavy atom. The number of aliphatic hydroxyl groups excluding tert-OH is 3. The molecule has 4 nitrogen and oxygen atoms in total. The van der Waals surface area contributed by atoms with Crippen LogP contribution >= 0.6 is 0 Å². The zero-order valence-corrected chi connectivity index (χ0v) is 4.90. The molecular formula is C5H10O4. The first-order chi connectivity index (χ1) is 4.25. The summed E-state index contributed by atoms with van der Waals surface area (Å²) in [6, 6.07) is 0. The van der Waals surface area contributed by atoms with Gasteiger partial charge in [-0.25, -0.2) is 0 Å². The maximum absolute atomic E-state index is 8.92. The number of aliphatic hydroxyl groups is 3. The van der Waals surface area contributed by atoms with Crippen molar-refractivity contribution in [3.8, 4) is 0 Å². The van der Waals surface area contributed by atoms with Crippen LogP contribution in [0.2, 0.25) is 0 Å². The molecule has 3 N–H and O–H groups in total. The predicted molar refractivity (Wildman–Crippen MR) is 28.8 cm³/mol. The van der Waals surface area contributed by atoms with Crippen LogP contribution in [0.5, 0.6) is 0 Å². The van der Waals surface area contributed by atoms with E-state index in [1.807, 2.05) is 0 Å². The van der Waals surface area contributed by atoms with Crippen LogP contribution in [0.1, 0.15) is 0 Å². The highest BCUT2D eigenvalue weighted by atomic mass is 16.5. The minimum atomic E-state index is -0.921. The standard InChI is InChI=1S/C5H10O4/c6-1-4-5(8)3(7)2-9-4/h3-8H,1-2H2/t3-,4+,5-/m0/s1. The quantitative estimate of drug-likeness (QED) is 0.392. The third kappa shape index (κ3) is 1.21. The van der Waals surface area contributed by atoms with E-state index >= 15 is 0 Å². The summed E-state index contributed by atoms with van der Waals surface area (Å²) in [5.74, 6) is 0. The van der Waals surface area contributed by atoms with Gasteiger partial charge in [0.25, 0.3) is 0 Å². The predicted octanol–water partition coefficient (Wildman–Crippen LogP) is -1.90. The van der Waals surface area contributed by atoms with Crippen LogP contribution in [0.15, 0.2) is 0 Å². The van der Waals surface area contributed by atoms with Crippen LogP contribution in [-0.2, 0) is 4.74 Å². The molecule has 0 bridgehead atoms. The van der Waals surface area contributed by atoms with Crippen LogP contribution in [0, 0.1) is 0 Å². The topological polar surface area (TPSA) is 69.9 Å². The van der Waals surface area contributed by atoms with Crippen LogP contribution in [0.3, 0.4) is 0 Å². The fourth-order valence-corrected chi connectivity index (χ4v) is 0.828. The van der Waals surface area contributed by atoms with Gasteiger partial charge in [-0.3, -0.25) is 0 Å². The van der Waals surface area contributed by atoms with Gasteiger partial charge in [0, 0.05) is 0 Å². The first kappa shape index (κ1) is 6.95. The van der Waals surface area contributed by atoms with Crippen LogP contribution < -0.4 is 0 Å². The Hall–Kier alpha value is -0.160. The molecule has 1 fully saturated rings. The maximum Gasteiger partial charge on any atom is 0.110 e. The molecule has 0 saturated carbocycles. The third-order valence-electron chi connectivity index (χ3n) is 1.44. The molecule has 0 amide bonds. The van der Waals surface area contributed by atoms with E-state index in [0.717, 1.165) is 0 Å². The zero-order valence-electron chi connectivity index (χ0n) is 4.90. The molecule has 0 aromatic rings. The molecule has 0 unspecified atom stereocenters. The Labute approximate surface area is 52.7 Å². The average molecular weight is 134 g/mol. The zero-order chi connectivity index (χ0) is 6.85. The highest BCUT2D eigenvalue weighted by molar-refractivity contribution is 4.81. The molecule has 4 heteroatoms. The molecule has 0 aliphatic carbocycles. The minimum Gasteiger partial charge on any atom is -0.394 e. The van der Waals surface area contributed by atoms with Crippen molar-refractivity contribution in [1.82, 2.24) is 0 Å². The van der Waals surface area contributed by atoms with E-state index in [1.165, 1.54) is 0 Å². The summed E-state index contributed by atoms with van der Waals surface area (Å²) in [6.07, 6.45) is -2.35. The van der Waals surface area contributed by atoms with Gasteiger partial charge in [-0.1, -0.05) is 0 Å². The third-order valence-corrected chi connectivity index (χ3v) is 1.44. The second-order valence-electron chi connectivity index (χ2n) is 2.11. The van der Waals surface area contributed by atoms with E-state index in [4.69, 9.17) is 20.1 Å². The molecule has 1 aliphatic rings. The van der Waals surface area contributed by atoms with Gasteiger partial charge in [0.1, 0.15) is 18.3 Å². The van der Waals surface area contributed by atoms with Gasteiger partial charge in [0.15, 0.2) is 0 Å². The minimum absolute atomic E-state index is 0.117. The first-order valence-electron chi connectivity index (χ1n) is 2.84. The summed E-state index contributed by atoms with van der Waals surface area (Å²) in [5.41, 5.74) is 0. The van der Waals surface area contributed by atoms with Crippen molar-refractivity contribution >= 4 is 0 Å². The summed E-state index contributed by atoms with van der Waals surface area (Å²) in [7, 11) is 0. The van der Waals surface area contributed by atoms with Crippen molar-refractivity contribution in [1.29, 1.82) is 0 Å². The molecule has 3 atom stereocenters. The van der Waals surface area contributed by atoms with Crippen molar-refractivity contribution in [2.24, 2.45) is 0 Å². The second-order valence-corrected chi connectivity index (χ2v) is 2.11. The van der Waals surface area contributed by atoms with Gasteiger partial charge in [0.05, 0.1) is 13.2 Å². The van der Waals surface area contributed by atoms with Crippen LogP contribution in [0.4, 0.5) is 0 Å². The van der Waals surface area contributed by atoms with E-state index < -0.39 is 18.3 Å². The van der Waals surface area contributed by atoms with E-state index in [1.54, 1.807) is 0 Å². The Kier molecular flexibility index (Phi) is 2.02. The number of ether oxygens (including phenoxy) is 1. The first-order valence-corrected chi connectivity index (χ1v) is 2.84. The number of hydrogen-bond acceptors (Lipinski definition) is 4. The molecular weight excluding hydrogens is 124 g/mol. The summed E-state index contributed by atoms with van der Waals surface area (Å²) >= 11 is 0. The normalized spacial score (nSPS) is 43.7. The lowest BCUT2D eigenvalue weighted by Gasteiger charge is -2.10. The highest BCUT2D eigenvalue weighted by Crippen LogP contribution is 2.12. The molecule has 0 aromatic heterocycles. The molecule has 9 heavy (non-hydrogen) atoms. The lowest BCUT2D eigenvalue weighted by atomic mass is 10.2. The van der Waals surface area contributed by atoms with Gasteiger partial charge in [0.2, 0.25) is 0 Å². The summed E-state index contributed by atoms with van der Waals surface area (Å²) in [5, 5.41) is 26.2. The molecule has 1 heterocycles. The molecule has 1 aliphatic heterocycles. The number of rotatable bonds is 1.